The summed E-state index contributed by atoms with van der Waals surface area (Å²) in [5.41, 5.74) is 0. The highest BCUT2D eigenvalue weighted by Gasteiger charge is 2.08. The van der Waals surface area contributed by atoms with Crippen LogP contribution in [0.15, 0.2) is 0 Å². The van der Waals surface area contributed by atoms with Crippen molar-refractivity contribution in [1.29, 1.82) is 0 Å². The number of ether oxygens (including phenoxy) is 2. The van der Waals surface area contributed by atoms with E-state index in [0.717, 1.165) is 6.42 Å². The van der Waals surface area contributed by atoms with Crippen LogP contribution in [0.25, 0.3) is 0 Å². The Bertz CT molecular complexity index is 145. The van der Waals surface area contributed by atoms with Gasteiger partial charge in [-0.25, -0.2) is 0 Å². The van der Waals surface area contributed by atoms with Gasteiger partial charge in [0.1, 0.15) is 6.10 Å². The zero-order valence-electron chi connectivity index (χ0n) is 9.00. The van der Waals surface area contributed by atoms with Crippen LogP contribution in [0.2, 0.25) is 0 Å². The Morgan fingerprint density at radius 1 is 1.23 bits per heavy atom. The Morgan fingerprint density at radius 3 is 2.31 bits per heavy atom. The smallest absolute Gasteiger partial charge is 0.305 e. The zero-order chi connectivity index (χ0) is 10.3. The summed E-state index contributed by atoms with van der Waals surface area (Å²) in [6.07, 6.45) is 1.51. The molecule has 13 heavy (non-hydrogen) atoms. The van der Waals surface area contributed by atoms with Crippen molar-refractivity contribution in [2.45, 2.75) is 52.7 Å². The molecule has 0 aromatic heterocycles. The number of carbonyl (C=O) groups is 1. The standard InChI is InChI=1S/C10H20O3/c1-5-8(3)12-7-9(4)13-10(11)6-2/h8-9H,5-7H2,1-4H3. The zero-order valence-corrected chi connectivity index (χ0v) is 9.00. The van der Waals surface area contributed by atoms with Crippen LogP contribution in [0.5, 0.6) is 0 Å². The molecule has 2 unspecified atom stereocenters. The maximum atomic E-state index is 10.9. The molecule has 0 aromatic rings. The number of hydrogen-bond acceptors (Lipinski definition) is 3. The number of hydrogen-bond donors (Lipinski definition) is 0. The minimum absolute atomic E-state index is 0.138. The molecule has 0 bridgehead atoms. The van der Waals surface area contributed by atoms with Gasteiger partial charge in [-0.15, -0.1) is 0 Å². The van der Waals surface area contributed by atoms with Gasteiger partial charge in [0, 0.05) is 6.42 Å². The topological polar surface area (TPSA) is 35.5 Å². The van der Waals surface area contributed by atoms with Crippen molar-refractivity contribution in [3.63, 3.8) is 0 Å². The van der Waals surface area contributed by atoms with E-state index < -0.39 is 0 Å². The van der Waals surface area contributed by atoms with Gasteiger partial charge in [-0.3, -0.25) is 4.79 Å². The van der Waals surface area contributed by atoms with E-state index in [1.54, 1.807) is 6.92 Å². The van der Waals surface area contributed by atoms with Gasteiger partial charge in [-0.05, 0) is 20.3 Å². The molecule has 0 aliphatic carbocycles. The number of carbonyl (C=O) groups excluding carboxylic acids is 1. The average Bonchev–Trinajstić information content (AvgIpc) is 2.13. The van der Waals surface area contributed by atoms with Crippen molar-refractivity contribution in [2.75, 3.05) is 6.61 Å². The van der Waals surface area contributed by atoms with E-state index in [0.29, 0.717) is 13.0 Å². The lowest BCUT2D eigenvalue weighted by atomic mass is 10.3. The van der Waals surface area contributed by atoms with Crippen molar-refractivity contribution in [2.24, 2.45) is 0 Å². The minimum Gasteiger partial charge on any atom is -0.460 e. The predicted molar refractivity (Wildman–Crippen MR) is 51.6 cm³/mol. The summed E-state index contributed by atoms with van der Waals surface area (Å²) in [6, 6.07) is 0. The fourth-order valence-corrected chi connectivity index (χ4v) is 0.759. The van der Waals surface area contributed by atoms with Crippen molar-refractivity contribution in [3.8, 4) is 0 Å². The van der Waals surface area contributed by atoms with Gasteiger partial charge in [0.25, 0.3) is 0 Å². The summed E-state index contributed by atoms with van der Waals surface area (Å²) in [5.74, 6) is -0.166. The van der Waals surface area contributed by atoms with Crippen LogP contribution in [0.3, 0.4) is 0 Å². The summed E-state index contributed by atoms with van der Waals surface area (Å²) in [6.45, 7) is 8.18. The Labute approximate surface area is 80.4 Å². The molecular weight excluding hydrogens is 168 g/mol. The molecule has 78 valence electrons. The molecule has 3 heteroatoms. The predicted octanol–water partition coefficient (Wildman–Crippen LogP) is 2.14. The van der Waals surface area contributed by atoms with Gasteiger partial charge in [-0.1, -0.05) is 13.8 Å². The third-order valence-electron chi connectivity index (χ3n) is 1.81. The lowest BCUT2D eigenvalue weighted by molar-refractivity contribution is -0.151. The first-order valence-electron chi connectivity index (χ1n) is 4.91. The van der Waals surface area contributed by atoms with Crippen LogP contribution in [-0.4, -0.2) is 24.8 Å². The highest BCUT2D eigenvalue weighted by molar-refractivity contribution is 5.69. The SMILES string of the molecule is CCC(=O)OC(C)COC(C)CC. The van der Waals surface area contributed by atoms with Crippen LogP contribution in [0, 0.1) is 0 Å². The van der Waals surface area contributed by atoms with Crippen LogP contribution in [0.1, 0.15) is 40.5 Å². The molecule has 0 spiro atoms. The molecule has 0 aliphatic rings. The van der Waals surface area contributed by atoms with E-state index >= 15 is 0 Å². The summed E-state index contributed by atoms with van der Waals surface area (Å²) in [5, 5.41) is 0. The van der Waals surface area contributed by atoms with E-state index in [1.807, 2.05) is 13.8 Å². The molecule has 0 aromatic carbocycles. The largest absolute Gasteiger partial charge is 0.460 e. The number of esters is 1. The van der Waals surface area contributed by atoms with E-state index in [4.69, 9.17) is 9.47 Å². The molecule has 0 fully saturated rings. The van der Waals surface area contributed by atoms with Crippen LogP contribution in [0.4, 0.5) is 0 Å². The second kappa shape index (κ2) is 6.89. The molecule has 3 nitrogen and oxygen atoms in total. The second-order valence-electron chi connectivity index (χ2n) is 3.21. The maximum absolute atomic E-state index is 10.9. The molecule has 0 radical (unpaired) electrons. The Hall–Kier alpha value is -0.570. The van der Waals surface area contributed by atoms with Gasteiger partial charge in [-0.2, -0.15) is 0 Å². The Kier molecular flexibility index (Phi) is 6.59. The van der Waals surface area contributed by atoms with Gasteiger partial charge < -0.3 is 9.47 Å². The molecule has 0 rings (SSSR count). The first kappa shape index (κ1) is 12.4. The van der Waals surface area contributed by atoms with E-state index in [2.05, 4.69) is 6.92 Å². The normalized spacial score (nSPS) is 15.1. The Morgan fingerprint density at radius 2 is 1.85 bits per heavy atom. The molecule has 0 aliphatic heterocycles. The second-order valence-corrected chi connectivity index (χ2v) is 3.21. The Balaban J connectivity index is 3.50. The average molecular weight is 188 g/mol. The van der Waals surface area contributed by atoms with Crippen molar-refractivity contribution < 1.29 is 14.3 Å². The molecule has 0 saturated heterocycles. The molecule has 0 N–H and O–H groups in total. The molecular formula is C10H20O3. The molecule has 0 saturated carbocycles. The minimum atomic E-state index is -0.166. The maximum Gasteiger partial charge on any atom is 0.305 e. The molecule has 0 amide bonds. The fraction of sp³-hybridized carbons (Fsp3) is 0.900. The summed E-state index contributed by atoms with van der Waals surface area (Å²) >= 11 is 0. The highest BCUT2D eigenvalue weighted by Crippen LogP contribution is 2.00. The molecule has 0 heterocycles. The van der Waals surface area contributed by atoms with Gasteiger partial charge in [0.15, 0.2) is 0 Å². The first-order chi connectivity index (χ1) is 6.10. The lowest BCUT2D eigenvalue weighted by Crippen LogP contribution is -2.22. The van der Waals surface area contributed by atoms with Gasteiger partial charge >= 0.3 is 5.97 Å². The fourth-order valence-electron chi connectivity index (χ4n) is 0.759. The van der Waals surface area contributed by atoms with Crippen LogP contribution in [-0.2, 0) is 14.3 Å². The summed E-state index contributed by atoms with van der Waals surface area (Å²) in [4.78, 5) is 10.9. The van der Waals surface area contributed by atoms with Crippen molar-refractivity contribution in [1.82, 2.24) is 0 Å². The van der Waals surface area contributed by atoms with Gasteiger partial charge in [0.05, 0.1) is 12.7 Å². The van der Waals surface area contributed by atoms with E-state index in [1.165, 1.54) is 0 Å². The van der Waals surface area contributed by atoms with Crippen molar-refractivity contribution in [3.05, 3.63) is 0 Å². The monoisotopic (exact) mass is 188 g/mol. The third kappa shape index (κ3) is 6.58. The third-order valence-corrected chi connectivity index (χ3v) is 1.81. The van der Waals surface area contributed by atoms with Crippen molar-refractivity contribution >= 4 is 5.97 Å². The first-order valence-corrected chi connectivity index (χ1v) is 4.91. The van der Waals surface area contributed by atoms with E-state index in [-0.39, 0.29) is 18.2 Å². The van der Waals surface area contributed by atoms with E-state index in [9.17, 15) is 4.79 Å². The molecule has 2 atom stereocenters. The van der Waals surface area contributed by atoms with Gasteiger partial charge in [0.2, 0.25) is 0 Å². The lowest BCUT2D eigenvalue weighted by Gasteiger charge is -2.16. The quantitative estimate of drug-likeness (QED) is 0.599. The summed E-state index contributed by atoms with van der Waals surface area (Å²) in [7, 11) is 0. The van der Waals surface area contributed by atoms with Crippen LogP contribution < -0.4 is 0 Å². The highest BCUT2D eigenvalue weighted by atomic mass is 16.6. The summed E-state index contributed by atoms with van der Waals surface area (Å²) < 4.78 is 10.5. The number of rotatable bonds is 6. The van der Waals surface area contributed by atoms with Crippen LogP contribution >= 0.6 is 0 Å².